The van der Waals surface area contributed by atoms with E-state index in [1.807, 2.05) is 0 Å². The van der Waals surface area contributed by atoms with Gasteiger partial charge in [-0.15, -0.1) is 0 Å². The molecule has 10 heteroatoms. The van der Waals surface area contributed by atoms with Crippen molar-refractivity contribution in [1.82, 2.24) is 20.2 Å². The van der Waals surface area contributed by atoms with Gasteiger partial charge in [0.25, 0.3) is 17.4 Å². The summed E-state index contributed by atoms with van der Waals surface area (Å²) in [5, 5.41) is 15.5. The Bertz CT molecular complexity index is 1320. The smallest absolute Gasteiger partial charge is 0.268 e. The number of halogens is 1. The molecule has 1 aromatic carbocycles. The van der Waals surface area contributed by atoms with E-state index in [4.69, 9.17) is 4.74 Å². The van der Waals surface area contributed by atoms with Gasteiger partial charge in [-0.3, -0.25) is 23.9 Å². The topological polar surface area (TPSA) is 123 Å². The average Bonchev–Trinajstić information content (AvgIpc) is 2.78. The molecule has 0 bridgehead atoms. The summed E-state index contributed by atoms with van der Waals surface area (Å²) in [7, 11) is 2.79. The largest absolute Gasteiger partial charge is 0.505 e. The summed E-state index contributed by atoms with van der Waals surface area (Å²) in [6.45, 7) is 1.34. The molecule has 3 N–H and O–H groups in total. The zero-order valence-electron chi connectivity index (χ0n) is 17.7. The highest BCUT2D eigenvalue weighted by atomic mass is 19.1. The highest BCUT2D eigenvalue weighted by Gasteiger charge is 2.42. The third-order valence-corrected chi connectivity index (χ3v) is 5.53. The monoisotopic (exact) mass is 440 g/mol. The predicted molar refractivity (Wildman–Crippen MR) is 113 cm³/mol. The number of carbonyl (C=O) groups excluding carboxylic acids is 2. The standard InChI is InChI=1S/C22H21FN4O5/c1-22(21(31)25-3)10-27-16-15(17(28)14(20(27)30)19(29)24-2)26-9-12(18(16)32-22)8-11-4-6-13(23)7-5-11/h4-7,9,28H,8,10H2,1-3H3,(H,24,29)(H,25,31). The van der Waals surface area contributed by atoms with Crippen LogP contribution in [0.1, 0.15) is 28.4 Å². The van der Waals surface area contributed by atoms with Crippen molar-refractivity contribution in [3.05, 3.63) is 63.3 Å². The van der Waals surface area contributed by atoms with Crippen molar-refractivity contribution in [3.8, 4) is 11.5 Å². The van der Waals surface area contributed by atoms with E-state index in [1.54, 1.807) is 12.1 Å². The zero-order chi connectivity index (χ0) is 23.2. The first-order chi connectivity index (χ1) is 15.2. The maximum Gasteiger partial charge on any atom is 0.268 e. The number of aromatic hydroxyl groups is 1. The summed E-state index contributed by atoms with van der Waals surface area (Å²) >= 11 is 0. The molecule has 9 nitrogen and oxygen atoms in total. The van der Waals surface area contributed by atoms with Gasteiger partial charge in [0, 0.05) is 32.3 Å². The van der Waals surface area contributed by atoms with E-state index in [0.29, 0.717) is 5.56 Å². The van der Waals surface area contributed by atoms with Gasteiger partial charge >= 0.3 is 0 Å². The lowest BCUT2D eigenvalue weighted by Gasteiger charge is -2.36. The number of ether oxygens (including phenoxy) is 1. The Balaban J connectivity index is 2.01. The molecule has 0 saturated carbocycles. The second-order valence-corrected chi connectivity index (χ2v) is 7.72. The van der Waals surface area contributed by atoms with E-state index in [9.17, 15) is 23.9 Å². The molecule has 1 unspecified atom stereocenters. The van der Waals surface area contributed by atoms with Gasteiger partial charge in [0.2, 0.25) is 5.60 Å². The van der Waals surface area contributed by atoms with Gasteiger partial charge in [0.05, 0.1) is 6.54 Å². The lowest BCUT2D eigenvalue weighted by Crippen LogP contribution is -2.54. The molecule has 2 amide bonds. The van der Waals surface area contributed by atoms with Gasteiger partial charge < -0.3 is 20.5 Å². The van der Waals surface area contributed by atoms with Gasteiger partial charge in [-0.2, -0.15) is 0 Å². The molecule has 0 radical (unpaired) electrons. The molecule has 166 valence electrons. The SMILES string of the molecule is CNC(=O)c1c(O)c2ncc(Cc3ccc(F)cc3)c3c2n(c1=O)CC(C)(C(=O)NC)O3. The molecule has 3 aromatic rings. The van der Waals surface area contributed by atoms with E-state index in [-0.39, 0.29) is 35.6 Å². The second kappa shape index (κ2) is 7.63. The fraction of sp³-hybridized carbons (Fsp3) is 0.273. The van der Waals surface area contributed by atoms with Crippen LogP contribution in [0.4, 0.5) is 4.39 Å². The van der Waals surface area contributed by atoms with E-state index in [2.05, 4.69) is 15.6 Å². The summed E-state index contributed by atoms with van der Waals surface area (Å²) in [4.78, 5) is 42.4. The first-order valence-corrected chi connectivity index (χ1v) is 9.85. The van der Waals surface area contributed by atoms with Crippen molar-refractivity contribution in [2.75, 3.05) is 14.1 Å². The first kappa shape index (κ1) is 21.3. The number of hydrogen-bond donors (Lipinski definition) is 3. The van der Waals surface area contributed by atoms with E-state index >= 15 is 0 Å². The van der Waals surface area contributed by atoms with Crippen LogP contribution >= 0.6 is 0 Å². The Morgan fingerprint density at radius 2 is 1.94 bits per heavy atom. The number of rotatable bonds is 4. The third-order valence-electron chi connectivity index (χ3n) is 5.53. The summed E-state index contributed by atoms with van der Waals surface area (Å²) in [6, 6.07) is 5.85. The number of hydrogen-bond acceptors (Lipinski definition) is 6. The number of nitrogens with zero attached hydrogens (tertiary/aromatic N) is 2. The van der Waals surface area contributed by atoms with Gasteiger partial charge in [0.15, 0.2) is 11.5 Å². The van der Waals surface area contributed by atoms with Gasteiger partial charge in [-0.1, -0.05) is 12.1 Å². The van der Waals surface area contributed by atoms with Crippen LogP contribution in [-0.4, -0.2) is 46.2 Å². The quantitative estimate of drug-likeness (QED) is 0.558. The Kier molecular flexibility index (Phi) is 5.08. The first-order valence-electron chi connectivity index (χ1n) is 9.85. The van der Waals surface area contributed by atoms with Crippen LogP contribution in [-0.2, 0) is 17.8 Å². The number of pyridine rings is 2. The Morgan fingerprint density at radius 1 is 1.25 bits per heavy atom. The average molecular weight is 440 g/mol. The molecule has 32 heavy (non-hydrogen) atoms. The van der Waals surface area contributed by atoms with Crippen LogP contribution in [0.2, 0.25) is 0 Å². The van der Waals surface area contributed by atoms with Crippen LogP contribution < -0.4 is 20.9 Å². The minimum atomic E-state index is -1.46. The molecule has 2 aromatic heterocycles. The summed E-state index contributed by atoms with van der Waals surface area (Å²) in [5.74, 6) is -2.00. The van der Waals surface area contributed by atoms with Gasteiger partial charge in [-0.25, -0.2) is 4.39 Å². The molecule has 4 rings (SSSR count). The van der Waals surface area contributed by atoms with Crippen molar-refractivity contribution in [3.63, 3.8) is 0 Å². The summed E-state index contributed by atoms with van der Waals surface area (Å²) < 4.78 is 20.7. The molecular formula is C22H21FN4O5. The van der Waals surface area contributed by atoms with Crippen LogP contribution in [0.5, 0.6) is 11.5 Å². The minimum Gasteiger partial charge on any atom is -0.505 e. The molecule has 0 spiro atoms. The molecule has 0 aliphatic carbocycles. The summed E-state index contributed by atoms with van der Waals surface area (Å²) in [6.07, 6.45) is 1.72. The number of likely N-dealkylation sites (N-methyl/N-ethyl adjacent to an activating group) is 1. The van der Waals surface area contributed by atoms with Crippen molar-refractivity contribution in [1.29, 1.82) is 0 Å². The predicted octanol–water partition coefficient (Wildman–Crippen LogP) is 1.09. The molecule has 3 heterocycles. The number of aromatic nitrogens is 2. The molecule has 1 aliphatic heterocycles. The van der Waals surface area contributed by atoms with Crippen molar-refractivity contribution >= 4 is 22.8 Å². The van der Waals surface area contributed by atoms with Crippen LogP contribution in [0.25, 0.3) is 11.0 Å². The second-order valence-electron chi connectivity index (χ2n) is 7.72. The van der Waals surface area contributed by atoms with Crippen molar-refractivity contribution < 1.29 is 23.8 Å². The molecule has 1 aliphatic rings. The number of amides is 2. The number of carbonyl (C=O) groups is 2. The fourth-order valence-corrected chi connectivity index (χ4v) is 3.89. The zero-order valence-corrected chi connectivity index (χ0v) is 17.7. The van der Waals surface area contributed by atoms with E-state index in [0.717, 1.165) is 5.56 Å². The maximum absolute atomic E-state index is 13.3. The minimum absolute atomic E-state index is 0.0000118. The third kappa shape index (κ3) is 3.24. The Morgan fingerprint density at radius 3 is 2.56 bits per heavy atom. The Labute approximate surface area is 181 Å². The van der Waals surface area contributed by atoms with Crippen molar-refractivity contribution in [2.45, 2.75) is 25.5 Å². The van der Waals surface area contributed by atoms with Gasteiger partial charge in [-0.05, 0) is 24.6 Å². The maximum atomic E-state index is 13.3. The van der Waals surface area contributed by atoms with Gasteiger partial charge in [0.1, 0.15) is 22.4 Å². The molecule has 1 atom stereocenters. The summed E-state index contributed by atoms with van der Waals surface area (Å²) in [5.41, 5.74) is -1.24. The normalized spacial score (nSPS) is 17.0. The molecular weight excluding hydrogens is 419 g/mol. The lowest BCUT2D eigenvalue weighted by molar-refractivity contribution is -0.136. The molecule has 0 fully saturated rings. The Hall–Kier alpha value is -3.95. The molecule has 0 saturated heterocycles. The number of benzene rings is 1. The van der Waals surface area contributed by atoms with Crippen LogP contribution in [0, 0.1) is 5.82 Å². The highest BCUT2D eigenvalue weighted by molar-refractivity contribution is 6.02. The number of nitrogens with one attached hydrogen (secondary N) is 2. The highest BCUT2D eigenvalue weighted by Crippen LogP contribution is 2.40. The van der Waals surface area contributed by atoms with Crippen LogP contribution in [0.3, 0.4) is 0 Å². The lowest BCUT2D eigenvalue weighted by atomic mass is 9.98. The van der Waals surface area contributed by atoms with E-state index < -0.39 is 34.3 Å². The van der Waals surface area contributed by atoms with E-state index in [1.165, 1.54) is 43.9 Å². The fourth-order valence-electron chi connectivity index (χ4n) is 3.89. The van der Waals surface area contributed by atoms with Crippen molar-refractivity contribution in [2.24, 2.45) is 0 Å². The van der Waals surface area contributed by atoms with Crippen LogP contribution in [0.15, 0.2) is 35.3 Å².